The van der Waals surface area contributed by atoms with E-state index < -0.39 is 70.6 Å². The predicted molar refractivity (Wildman–Crippen MR) is 131 cm³/mol. The van der Waals surface area contributed by atoms with Crippen LogP contribution in [-0.2, 0) is 33.0 Å². The summed E-state index contributed by atoms with van der Waals surface area (Å²) in [5.41, 5.74) is -1.58. The number of carbonyl (C=O) groups is 4. The van der Waals surface area contributed by atoms with Crippen molar-refractivity contribution >= 4 is 51.1 Å². The van der Waals surface area contributed by atoms with Crippen LogP contribution < -0.4 is 15.7 Å². The summed E-state index contributed by atoms with van der Waals surface area (Å²) in [6.45, 7) is 0. The van der Waals surface area contributed by atoms with E-state index in [1.807, 2.05) is 0 Å². The van der Waals surface area contributed by atoms with Gasteiger partial charge in [-0.2, -0.15) is 13.2 Å². The van der Waals surface area contributed by atoms with Crippen LogP contribution >= 0.6 is 11.3 Å². The zero-order chi connectivity index (χ0) is 28.5. The lowest BCUT2D eigenvalue weighted by molar-refractivity contribution is -0.255. The molecular formula is C24H18F3N4O6S2-. The fraction of sp³-hybridized carbons (Fsp3) is 0.208. The molecule has 204 valence electrons. The van der Waals surface area contributed by atoms with Gasteiger partial charge in [0.1, 0.15) is 12.1 Å². The molecule has 0 spiro atoms. The van der Waals surface area contributed by atoms with Crippen LogP contribution in [0.2, 0.25) is 0 Å². The monoisotopic (exact) mass is 579 g/mol. The summed E-state index contributed by atoms with van der Waals surface area (Å²) < 4.78 is 52.7. The standard InChI is InChI=1S/C24H19F3N4O6S2/c1-39(37)14-8-6-12(7-9-14)18-20(33)31(23(36)29-18)17(10-13-4-2-3-5-15(13)24(25,26)27)19(32)30-22-28-16(11-38-22)21(34)35/h2-9,11,17-18H,10H2,1H3,(H,29,36)(H,34,35)(H,28,30,32)/p-1/t17-,18?,39?/m0/s1. The Balaban J connectivity index is 1.69. The number of nitrogens with zero attached hydrogens (tertiary/aromatic N) is 2. The lowest BCUT2D eigenvalue weighted by Crippen LogP contribution is -2.49. The van der Waals surface area contributed by atoms with E-state index in [0.29, 0.717) is 26.7 Å². The lowest BCUT2D eigenvalue weighted by atomic mass is 9.98. The van der Waals surface area contributed by atoms with E-state index >= 15 is 0 Å². The number of carboxylic acids is 1. The minimum absolute atomic E-state index is 0.222. The molecule has 10 nitrogen and oxygen atoms in total. The highest BCUT2D eigenvalue weighted by Crippen LogP contribution is 2.34. The van der Waals surface area contributed by atoms with Crippen molar-refractivity contribution in [3.8, 4) is 0 Å². The molecule has 2 N–H and O–H groups in total. The summed E-state index contributed by atoms with van der Waals surface area (Å²) in [5, 5.41) is 16.6. The summed E-state index contributed by atoms with van der Waals surface area (Å²) in [6, 6.07) is 6.30. The van der Waals surface area contributed by atoms with Gasteiger partial charge in [-0.1, -0.05) is 30.3 Å². The van der Waals surface area contributed by atoms with E-state index in [2.05, 4.69) is 15.6 Å². The Labute approximate surface area is 225 Å². The first-order valence-corrected chi connectivity index (χ1v) is 13.5. The average molecular weight is 580 g/mol. The number of anilines is 1. The first-order chi connectivity index (χ1) is 18.4. The lowest BCUT2D eigenvalue weighted by Gasteiger charge is -2.25. The van der Waals surface area contributed by atoms with E-state index in [9.17, 15) is 41.7 Å². The number of rotatable bonds is 8. The number of amides is 4. The van der Waals surface area contributed by atoms with Gasteiger partial charge in [-0.3, -0.25) is 13.8 Å². The molecule has 1 aromatic heterocycles. The highest BCUT2D eigenvalue weighted by Gasteiger charge is 2.46. The van der Waals surface area contributed by atoms with Crippen LogP contribution in [0.25, 0.3) is 0 Å². The predicted octanol–water partition coefficient (Wildman–Crippen LogP) is 2.11. The van der Waals surface area contributed by atoms with Crippen LogP contribution in [0.5, 0.6) is 0 Å². The molecule has 0 aliphatic carbocycles. The zero-order valence-electron chi connectivity index (χ0n) is 19.9. The van der Waals surface area contributed by atoms with Gasteiger partial charge in [0.15, 0.2) is 5.13 Å². The zero-order valence-corrected chi connectivity index (χ0v) is 21.5. The molecule has 3 atom stereocenters. The summed E-state index contributed by atoms with van der Waals surface area (Å²) in [7, 11) is -1.30. The molecule has 0 saturated carbocycles. The number of benzene rings is 2. The first kappa shape index (κ1) is 27.9. The molecule has 3 aromatic rings. The molecule has 4 amide bonds. The number of hydrogen-bond donors (Lipinski definition) is 2. The number of hydrogen-bond acceptors (Lipinski definition) is 8. The van der Waals surface area contributed by atoms with E-state index in [4.69, 9.17) is 0 Å². The highest BCUT2D eigenvalue weighted by molar-refractivity contribution is 7.84. The number of nitrogens with one attached hydrogen (secondary N) is 2. The van der Waals surface area contributed by atoms with Gasteiger partial charge < -0.3 is 20.5 Å². The minimum atomic E-state index is -4.78. The van der Waals surface area contributed by atoms with Gasteiger partial charge in [0.2, 0.25) is 5.91 Å². The largest absolute Gasteiger partial charge is 0.543 e. The van der Waals surface area contributed by atoms with Crippen molar-refractivity contribution in [1.29, 1.82) is 0 Å². The maximum atomic E-state index is 13.7. The molecule has 1 aliphatic heterocycles. The van der Waals surface area contributed by atoms with Crippen molar-refractivity contribution in [2.75, 3.05) is 11.6 Å². The third-order valence-corrected chi connectivity index (χ3v) is 7.50. The number of alkyl halides is 3. The highest BCUT2D eigenvalue weighted by atomic mass is 32.2. The maximum absolute atomic E-state index is 13.7. The van der Waals surface area contributed by atoms with Crippen molar-refractivity contribution < 1.29 is 41.7 Å². The number of aromatic nitrogens is 1. The van der Waals surface area contributed by atoms with Crippen molar-refractivity contribution in [2.24, 2.45) is 0 Å². The number of aromatic carboxylic acids is 1. The molecule has 15 heteroatoms. The molecule has 39 heavy (non-hydrogen) atoms. The third kappa shape index (κ3) is 5.98. The second kappa shape index (κ2) is 10.9. The van der Waals surface area contributed by atoms with Crippen LogP contribution in [0.3, 0.4) is 0 Å². The van der Waals surface area contributed by atoms with E-state index in [-0.39, 0.29) is 10.7 Å². The number of carbonyl (C=O) groups excluding carboxylic acids is 4. The first-order valence-electron chi connectivity index (χ1n) is 11.1. The van der Waals surface area contributed by atoms with Gasteiger partial charge >= 0.3 is 12.2 Å². The van der Waals surface area contributed by atoms with Crippen LogP contribution in [0, 0.1) is 0 Å². The van der Waals surface area contributed by atoms with Gasteiger partial charge in [0, 0.05) is 33.8 Å². The van der Waals surface area contributed by atoms with Crippen LogP contribution in [0.15, 0.2) is 58.8 Å². The Kier molecular flexibility index (Phi) is 7.83. The van der Waals surface area contributed by atoms with Crippen LogP contribution in [0.1, 0.15) is 33.2 Å². The number of halogens is 3. The van der Waals surface area contributed by atoms with E-state index in [1.165, 1.54) is 36.6 Å². The minimum Gasteiger partial charge on any atom is -0.543 e. The summed E-state index contributed by atoms with van der Waals surface area (Å²) >= 11 is 0.710. The second-order valence-corrected chi connectivity index (χ2v) is 10.5. The molecule has 2 unspecified atom stereocenters. The number of imide groups is 1. The average Bonchev–Trinajstić information content (AvgIpc) is 3.46. The molecule has 4 rings (SSSR count). The van der Waals surface area contributed by atoms with Crippen molar-refractivity contribution in [3.63, 3.8) is 0 Å². The molecule has 1 aliphatic rings. The Morgan fingerprint density at radius 1 is 1.18 bits per heavy atom. The molecule has 1 fully saturated rings. The van der Waals surface area contributed by atoms with Crippen molar-refractivity contribution in [1.82, 2.24) is 15.2 Å². The van der Waals surface area contributed by atoms with Gasteiger partial charge in [-0.15, -0.1) is 11.3 Å². The van der Waals surface area contributed by atoms with Crippen molar-refractivity contribution in [3.05, 3.63) is 76.3 Å². The number of urea groups is 1. The van der Waals surface area contributed by atoms with Gasteiger partial charge in [0.25, 0.3) is 5.91 Å². The maximum Gasteiger partial charge on any atom is 0.416 e. The Morgan fingerprint density at radius 3 is 2.44 bits per heavy atom. The quantitative estimate of drug-likeness (QED) is 0.388. The normalized spacial score (nSPS) is 17.0. The molecular weight excluding hydrogens is 561 g/mol. The summed E-state index contributed by atoms with van der Waals surface area (Å²) in [4.78, 5) is 55.3. The summed E-state index contributed by atoms with van der Waals surface area (Å²) in [6.07, 6.45) is -4.02. The van der Waals surface area contributed by atoms with E-state index in [1.54, 1.807) is 0 Å². The van der Waals surface area contributed by atoms with Crippen molar-refractivity contribution in [2.45, 2.75) is 29.6 Å². The van der Waals surface area contributed by atoms with Crippen LogP contribution in [0.4, 0.5) is 23.1 Å². The molecule has 2 heterocycles. The third-order valence-electron chi connectivity index (χ3n) is 5.81. The van der Waals surface area contributed by atoms with Gasteiger partial charge in [-0.25, -0.2) is 14.7 Å². The Morgan fingerprint density at radius 2 is 1.85 bits per heavy atom. The Hall–Kier alpha value is -4.11. The van der Waals surface area contributed by atoms with E-state index in [0.717, 1.165) is 23.6 Å². The summed E-state index contributed by atoms with van der Waals surface area (Å²) in [5.74, 6) is -3.58. The van der Waals surface area contributed by atoms with Gasteiger partial charge in [0.05, 0.1) is 17.2 Å². The fourth-order valence-electron chi connectivity index (χ4n) is 3.96. The Bertz CT molecular complexity index is 1470. The fourth-order valence-corrected chi connectivity index (χ4v) is 5.17. The number of thiazole rings is 1. The smallest absolute Gasteiger partial charge is 0.416 e. The SMILES string of the molecule is CS(=O)c1ccc(C2NC(=O)N([C@@H](Cc3ccccc3C(F)(F)F)C(=O)Nc3nc(C(=O)[O-])cs3)C2=O)cc1. The second-order valence-electron chi connectivity index (χ2n) is 8.30. The van der Waals surface area contributed by atoms with Crippen LogP contribution in [-0.4, -0.2) is 50.2 Å². The molecule has 1 saturated heterocycles. The molecule has 0 radical (unpaired) electrons. The topological polar surface area (TPSA) is 149 Å². The van der Waals surface area contributed by atoms with Gasteiger partial charge in [-0.05, 0) is 29.3 Å². The molecule has 0 bridgehead atoms. The molecule has 2 aromatic carbocycles. The number of carboxylic acid groups (broad SMARTS) is 1.